The lowest BCUT2D eigenvalue weighted by Gasteiger charge is -2.23. The summed E-state index contributed by atoms with van der Waals surface area (Å²) in [6.45, 7) is 10.6. The molecule has 1 aromatic heterocycles. The summed E-state index contributed by atoms with van der Waals surface area (Å²) in [6.07, 6.45) is 0. The van der Waals surface area contributed by atoms with E-state index in [1.807, 2.05) is 46.8 Å². The minimum atomic E-state index is 0.00426. The van der Waals surface area contributed by atoms with Crippen molar-refractivity contribution >= 4 is 5.91 Å². The molecule has 0 aliphatic heterocycles. The molecule has 158 valence electrons. The van der Waals surface area contributed by atoms with Gasteiger partial charge in [-0.2, -0.15) is 5.10 Å². The highest BCUT2D eigenvalue weighted by Gasteiger charge is 2.20. The van der Waals surface area contributed by atoms with Crippen molar-refractivity contribution in [3.05, 3.63) is 76.6 Å². The SMILES string of the molecule is CCn1nc(C)c(CN(CCOC)C(=O)c2cccc(-c3cccc(C)c3)c2)c1C. The number of carbonyl (C=O) groups is 1. The summed E-state index contributed by atoms with van der Waals surface area (Å²) in [4.78, 5) is 15.3. The summed E-state index contributed by atoms with van der Waals surface area (Å²) in [5.41, 5.74) is 7.23. The Balaban J connectivity index is 1.90. The quantitative estimate of drug-likeness (QED) is 0.542. The van der Waals surface area contributed by atoms with Crippen LogP contribution in [0, 0.1) is 20.8 Å². The predicted molar refractivity (Wildman–Crippen MR) is 121 cm³/mol. The lowest BCUT2D eigenvalue weighted by Crippen LogP contribution is -2.33. The van der Waals surface area contributed by atoms with Crippen LogP contribution in [0.3, 0.4) is 0 Å². The van der Waals surface area contributed by atoms with Crippen LogP contribution in [0.5, 0.6) is 0 Å². The zero-order valence-electron chi connectivity index (χ0n) is 18.6. The van der Waals surface area contributed by atoms with Gasteiger partial charge in [0, 0.05) is 43.6 Å². The molecular formula is C25H31N3O2. The molecule has 0 unspecified atom stereocenters. The van der Waals surface area contributed by atoms with Crippen LogP contribution in [0.25, 0.3) is 11.1 Å². The van der Waals surface area contributed by atoms with Crippen LogP contribution in [0.15, 0.2) is 48.5 Å². The van der Waals surface area contributed by atoms with E-state index in [0.29, 0.717) is 25.3 Å². The number of aromatic nitrogens is 2. The number of hydrogen-bond donors (Lipinski definition) is 0. The molecule has 0 N–H and O–H groups in total. The van der Waals surface area contributed by atoms with Gasteiger partial charge in [-0.25, -0.2) is 0 Å². The van der Waals surface area contributed by atoms with Crippen molar-refractivity contribution in [2.75, 3.05) is 20.3 Å². The minimum Gasteiger partial charge on any atom is -0.383 e. The molecule has 30 heavy (non-hydrogen) atoms. The Labute approximate surface area is 179 Å². The van der Waals surface area contributed by atoms with Gasteiger partial charge in [-0.3, -0.25) is 9.48 Å². The standard InChI is InChI=1S/C25H31N3O2/c1-6-28-20(4)24(19(3)26-28)17-27(13-14-30-5)25(29)23-12-8-11-22(16-23)21-10-7-9-18(2)15-21/h7-12,15-16H,6,13-14,17H2,1-5H3. The van der Waals surface area contributed by atoms with Gasteiger partial charge in [0.25, 0.3) is 5.91 Å². The molecule has 0 fully saturated rings. The first-order chi connectivity index (χ1) is 14.4. The van der Waals surface area contributed by atoms with Crippen molar-refractivity contribution in [2.45, 2.75) is 40.8 Å². The maximum Gasteiger partial charge on any atom is 0.254 e. The van der Waals surface area contributed by atoms with Crippen LogP contribution in [-0.2, 0) is 17.8 Å². The molecule has 0 radical (unpaired) electrons. The molecule has 0 bridgehead atoms. The normalized spacial score (nSPS) is 11.0. The Morgan fingerprint density at radius 1 is 1.07 bits per heavy atom. The molecule has 2 aromatic carbocycles. The largest absolute Gasteiger partial charge is 0.383 e. The van der Waals surface area contributed by atoms with Gasteiger partial charge in [0.1, 0.15) is 0 Å². The zero-order chi connectivity index (χ0) is 21.7. The van der Waals surface area contributed by atoms with Crippen LogP contribution < -0.4 is 0 Å². The van der Waals surface area contributed by atoms with Crippen molar-refractivity contribution in [3.63, 3.8) is 0 Å². The monoisotopic (exact) mass is 405 g/mol. The van der Waals surface area contributed by atoms with Crippen LogP contribution in [0.2, 0.25) is 0 Å². The number of ether oxygens (including phenoxy) is 1. The summed E-state index contributed by atoms with van der Waals surface area (Å²) in [6, 6.07) is 16.2. The lowest BCUT2D eigenvalue weighted by molar-refractivity contribution is 0.0680. The second-order valence-electron chi connectivity index (χ2n) is 7.63. The number of carbonyl (C=O) groups excluding carboxylic acids is 1. The van der Waals surface area contributed by atoms with Gasteiger partial charge in [0.05, 0.1) is 12.3 Å². The third-order valence-corrected chi connectivity index (χ3v) is 5.49. The third-order valence-electron chi connectivity index (χ3n) is 5.49. The van der Waals surface area contributed by atoms with E-state index >= 15 is 0 Å². The number of aryl methyl sites for hydroxylation is 3. The van der Waals surface area contributed by atoms with Gasteiger partial charge >= 0.3 is 0 Å². The Hall–Kier alpha value is -2.92. The fraction of sp³-hybridized carbons (Fsp3) is 0.360. The third kappa shape index (κ3) is 4.79. The number of benzene rings is 2. The van der Waals surface area contributed by atoms with Crippen molar-refractivity contribution < 1.29 is 9.53 Å². The Morgan fingerprint density at radius 3 is 2.40 bits per heavy atom. The van der Waals surface area contributed by atoms with Crippen molar-refractivity contribution in [2.24, 2.45) is 0 Å². The van der Waals surface area contributed by atoms with Gasteiger partial charge in [-0.05, 0) is 51.0 Å². The molecule has 0 aliphatic rings. The smallest absolute Gasteiger partial charge is 0.254 e. The van der Waals surface area contributed by atoms with E-state index in [1.54, 1.807) is 7.11 Å². The van der Waals surface area contributed by atoms with E-state index < -0.39 is 0 Å². The molecule has 0 spiro atoms. The van der Waals surface area contributed by atoms with Crippen LogP contribution in [-0.4, -0.2) is 40.8 Å². The molecule has 0 atom stereocenters. The van der Waals surface area contributed by atoms with E-state index in [4.69, 9.17) is 4.74 Å². The van der Waals surface area contributed by atoms with E-state index in [2.05, 4.69) is 44.1 Å². The number of amides is 1. The summed E-state index contributed by atoms with van der Waals surface area (Å²) in [7, 11) is 1.66. The average molecular weight is 406 g/mol. The molecular weight excluding hydrogens is 374 g/mol. The van der Waals surface area contributed by atoms with Gasteiger partial charge in [0.2, 0.25) is 0 Å². The first-order valence-electron chi connectivity index (χ1n) is 10.4. The Morgan fingerprint density at radius 2 is 1.77 bits per heavy atom. The van der Waals surface area contributed by atoms with Gasteiger partial charge in [-0.1, -0.05) is 42.0 Å². The van der Waals surface area contributed by atoms with Gasteiger partial charge < -0.3 is 9.64 Å². The van der Waals surface area contributed by atoms with Crippen LogP contribution >= 0.6 is 0 Å². The summed E-state index contributed by atoms with van der Waals surface area (Å²) in [5.74, 6) is 0.00426. The topological polar surface area (TPSA) is 47.4 Å². The van der Waals surface area contributed by atoms with Crippen molar-refractivity contribution in [1.29, 1.82) is 0 Å². The minimum absolute atomic E-state index is 0.00426. The van der Waals surface area contributed by atoms with E-state index in [9.17, 15) is 4.79 Å². The fourth-order valence-corrected chi connectivity index (χ4v) is 3.75. The maximum absolute atomic E-state index is 13.4. The second kappa shape index (κ2) is 9.72. The van der Waals surface area contributed by atoms with Gasteiger partial charge in [0.15, 0.2) is 0 Å². The molecule has 0 saturated carbocycles. The average Bonchev–Trinajstić information content (AvgIpc) is 3.03. The van der Waals surface area contributed by atoms with Crippen LogP contribution in [0.4, 0.5) is 0 Å². The maximum atomic E-state index is 13.4. The number of rotatable bonds is 8. The van der Waals surface area contributed by atoms with Crippen molar-refractivity contribution in [3.8, 4) is 11.1 Å². The molecule has 3 rings (SSSR count). The highest BCUT2D eigenvalue weighted by atomic mass is 16.5. The first kappa shape index (κ1) is 21.8. The van der Waals surface area contributed by atoms with Crippen LogP contribution in [0.1, 0.15) is 39.8 Å². The van der Waals surface area contributed by atoms with E-state index in [0.717, 1.165) is 34.6 Å². The fourth-order valence-electron chi connectivity index (χ4n) is 3.75. The second-order valence-corrected chi connectivity index (χ2v) is 7.63. The van der Waals surface area contributed by atoms with E-state index in [1.165, 1.54) is 5.56 Å². The summed E-state index contributed by atoms with van der Waals surface area (Å²) in [5, 5.41) is 4.60. The Kier molecular flexibility index (Phi) is 7.06. The number of nitrogens with zero attached hydrogens (tertiary/aromatic N) is 3. The summed E-state index contributed by atoms with van der Waals surface area (Å²) < 4.78 is 7.26. The molecule has 5 nitrogen and oxygen atoms in total. The van der Waals surface area contributed by atoms with Gasteiger partial charge in [-0.15, -0.1) is 0 Å². The molecule has 5 heteroatoms. The number of hydrogen-bond acceptors (Lipinski definition) is 3. The molecule has 3 aromatic rings. The highest BCUT2D eigenvalue weighted by molar-refractivity contribution is 5.95. The molecule has 0 aliphatic carbocycles. The molecule has 1 amide bonds. The predicted octanol–water partition coefficient (Wildman–Crippen LogP) is 4.78. The Bertz CT molecular complexity index is 1020. The van der Waals surface area contributed by atoms with Crippen molar-refractivity contribution in [1.82, 2.24) is 14.7 Å². The summed E-state index contributed by atoms with van der Waals surface area (Å²) >= 11 is 0. The first-order valence-corrected chi connectivity index (χ1v) is 10.4. The zero-order valence-corrected chi connectivity index (χ0v) is 18.6. The number of methoxy groups -OCH3 is 1. The van der Waals surface area contributed by atoms with E-state index in [-0.39, 0.29) is 5.91 Å². The highest BCUT2D eigenvalue weighted by Crippen LogP contribution is 2.23. The molecule has 1 heterocycles. The molecule has 0 saturated heterocycles. The lowest BCUT2D eigenvalue weighted by atomic mass is 10.0.